The molecule has 2 aromatic rings. The zero-order valence-electron chi connectivity index (χ0n) is 14.5. The van der Waals surface area contributed by atoms with E-state index in [1.807, 2.05) is 24.3 Å². The van der Waals surface area contributed by atoms with E-state index < -0.39 is 15.8 Å². The molecule has 1 atom stereocenters. The average molecular weight is 349 g/mol. The SMILES string of the molecule is CC(NS(=O)(=O)Cc1ccccc1F)c1ccc(C(C)(C)C)cc1. The maximum Gasteiger partial charge on any atom is 0.216 e. The Morgan fingerprint density at radius 2 is 1.62 bits per heavy atom. The molecule has 0 saturated heterocycles. The molecule has 1 unspecified atom stereocenters. The van der Waals surface area contributed by atoms with Gasteiger partial charge in [0.1, 0.15) is 5.82 Å². The minimum Gasteiger partial charge on any atom is -0.212 e. The highest BCUT2D eigenvalue weighted by molar-refractivity contribution is 7.88. The first kappa shape index (κ1) is 18.6. The van der Waals surface area contributed by atoms with Gasteiger partial charge in [0.2, 0.25) is 10.0 Å². The lowest BCUT2D eigenvalue weighted by molar-refractivity contribution is 0.560. The van der Waals surface area contributed by atoms with Crippen molar-refractivity contribution in [2.24, 2.45) is 0 Å². The van der Waals surface area contributed by atoms with E-state index in [0.717, 1.165) is 5.56 Å². The van der Waals surface area contributed by atoms with Gasteiger partial charge in [0, 0.05) is 11.6 Å². The van der Waals surface area contributed by atoms with Crippen LogP contribution in [0.4, 0.5) is 4.39 Å². The molecule has 0 radical (unpaired) electrons. The third-order valence-corrected chi connectivity index (χ3v) is 5.34. The molecule has 0 bridgehead atoms. The summed E-state index contributed by atoms with van der Waals surface area (Å²) in [6, 6.07) is 13.4. The number of rotatable bonds is 5. The number of benzene rings is 2. The quantitative estimate of drug-likeness (QED) is 0.874. The van der Waals surface area contributed by atoms with Crippen LogP contribution >= 0.6 is 0 Å². The molecular formula is C19H24FNO2S. The first-order valence-corrected chi connectivity index (χ1v) is 9.57. The third kappa shape index (κ3) is 4.89. The summed E-state index contributed by atoms with van der Waals surface area (Å²) in [5, 5.41) is 0. The smallest absolute Gasteiger partial charge is 0.212 e. The van der Waals surface area contributed by atoms with Gasteiger partial charge in [0.15, 0.2) is 0 Å². The van der Waals surface area contributed by atoms with Crippen molar-refractivity contribution in [2.45, 2.75) is 44.9 Å². The van der Waals surface area contributed by atoms with Crippen LogP contribution in [0.25, 0.3) is 0 Å². The Morgan fingerprint density at radius 3 is 2.17 bits per heavy atom. The Balaban J connectivity index is 2.10. The summed E-state index contributed by atoms with van der Waals surface area (Å²) in [5.41, 5.74) is 2.28. The number of hydrogen-bond donors (Lipinski definition) is 1. The Hall–Kier alpha value is -1.72. The van der Waals surface area contributed by atoms with E-state index in [9.17, 15) is 12.8 Å². The molecule has 0 heterocycles. The number of halogens is 1. The number of nitrogens with one attached hydrogen (secondary N) is 1. The van der Waals surface area contributed by atoms with Crippen LogP contribution in [-0.4, -0.2) is 8.42 Å². The van der Waals surface area contributed by atoms with Gasteiger partial charge in [-0.15, -0.1) is 0 Å². The summed E-state index contributed by atoms with van der Waals surface area (Å²) in [6.45, 7) is 8.17. The second kappa shape index (κ2) is 7.03. The minimum atomic E-state index is -3.63. The maximum atomic E-state index is 13.6. The molecule has 0 aliphatic rings. The van der Waals surface area contributed by atoms with Crippen LogP contribution in [0.3, 0.4) is 0 Å². The first-order chi connectivity index (χ1) is 11.1. The molecule has 3 nitrogen and oxygen atoms in total. The van der Waals surface area contributed by atoms with Gasteiger partial charge in [-0.2, -0.15) is 0 Å². The molecule has 1 N–H and O–H groups in total. The highest BCUT2D eigenvalue weighted by atomic mass is 32.2. The summed E-state index contributed by atoms with van der Waals surface area (Å²) in [5.74, 6) is -0.880. The van der Waals surface area contributed by atoms with Crippen molar-refractivity contribution in [3.63, 3.8) is 0 Å². The van der Waals surface area contributed by atoms with Gasteiger partial charge >= 0.3 is 0 Å². The molecule has 0 aliphatic carbocycles. The standard InChI is InChI=1S/C19H24FNO2S/c1-14(15-9-11-17(12-10-15)19(2,3)4)21-24(22,23)13-16-7-5-6-8-18(16)20/h5-12,14,21H,13H2,1-4H3. The van der Waals surface area contributed by atoms with Crippen molar-refractivity contribution in [2.75, 3.05) is 0 Å². The molecule has 5 heteroatoms. The monoisotopic (exact) mass is 349 g/mol. The van der Waals surface area contributed by atoms with E-state index in [1.165, 1.54) is 23.8 Å². The van der Waals surface area contributed by atoms with Crippen molar-refractivity contribution in [1.82, 2.24) is 4.72 Å². The fourth-order valence-corrected chi connectivity index (χ4v) is 3.87. The number of sulfonamides is 1. The molecular weight excluding hydrogens is 325 g/mol. The Kier molecular flexibility index (Phi) is 5.45. The molecule has 0 saturated carbocycles. The van der Waals surface area contributed by atoms with Crippen LogP contribution < -0.4 is 4.72 Å². The van der Waals surface area contributed by atoms with Crippen molar-refractivity contribution >= 4 is 10.0 Å². The molecule has 0 fully saturated rings. The summed E-state index contributed by atoms with van der Waals surface area (Å²) >= 11 is 0. The summed E-state index contributed by atoms with van der Waals surface area (Å²) in [7, 11) is -3.63. The van der Waals surface area contributed by atoms with E-state index in [0.29, 0.717) is 0 Å². The Labute approximate surface area is 144 Å². The van der Waals surface area contributed by atoms with E-state index in [-0.39, 0.29) is 22.8 Å². The van der Waals surface area contributed by atoms with Crippen LogP contribution in [0.15, 0.2) is 48.5 Å². The van der Waals surface area contributed by atoms with Gasteiger partial charge < -0.3 is 0 Å². The highest BCUT2D eigenvalue weighted by Crippen LogP contribution is 2.24. The lowest BCUT2D eigenvalue weighted by Crippen LogP contribution is -2.28. The molecule has 0 aliphatic heterocycles. The van der Waals surface area contributed by atoms with Gasteiger partial charge in [0.25, 0.3) is 0 Å². The fourth-order valence-electron chi connectivity index (χ4n) is 2.47. The Bertz CT molecular complexity index is 793. The van der Waals surface area contributed by atoms with Gasteiger partial charge in [0.05, 0.1) is 5.75 Å². The van der Waals surface area contributed by atoms with E-state index in [4.69, 9.17) is 0 Å². The van der Waals surface area contributed by atoms with E-state index in [1.54, 1.807) is 13.0 Å². The molecule has 0 amide bonds. The average Bonchev–Trinajstić information content (AvgIpc) is 2.48. The highest BCUT2D eigenvalue weighted by Gasteiger charge is 2.19. The third-order valence-electron chi connectivity index (χ3n) is 3.94. The summed E-state index contributed by atoms with van der Waals surface area (Å²) < 4.78 is 40.8. The fraction of sp³-hybridized carbons (Fsp3) is 0.368. The predicted octanol–water partition coefficient (Wildman–Crippen LogP) is 4.30. The normalized spacial score (nSPS) is 13.7. The second-order valence-electron chi connectivity index (χ2n) is 7.06. The summed E-state index contributed by atoms with van der Waals surface area (Å²) in [4.78, 5) is 0. The zero-order chi connectivity index (χ0) is 18.0. The molecule has 2 rings (SSSR count). The van der Waals surface area contributed by atoms with Crippen molar-refractivity contribution in [3.8, 4) is 0 Å². The largest absolute Gasteiger partial charge is 0.216 e. The lowest BCUT2D eigenvalue weighted by atomic mass is 9.86. The van der Waals surface area contributed by atoms with Crippen LogP contribution in [0.5, 0.6) is 0 Å². The van der Waals surface area contributed by atoms with Crippen LogP contribution in [-0.2, 0) is 21.2 Å². The topological polar surface area (TPSA) is 46.2 Å². The van der Waals surface area contributed by atoms with Gasteiger partial charge in [-0.3, -0.25) is 0 Å². The van der Waals surface area contributed by atoms with E-state index in [2.05, 4.69) is 25.5 Å². The van der Waals surface area contributed by atoms with Crippen molar-refractivity contribution in [1.29, 1.82) is 0 Å². The molecule has 0 spiro atoms. The molecule has 130 valence electrons. The van der Waals surface area contributed by atoms with Crippen LogP contribution in [0, 0.1) is 5.82 Å². The van der Waals surface area contributed by atoms with Gasteiger partial charge in [-0.05, 0) is 29.5 Å². The van der Waals surface area contributed by atoms with Crippen LogP contribution in [0.2, 0.25) is 0 Å². The van der Waals surface area contributed by atoms with Gasteiger partial charge in [-0.1, -0.05) is 63.2 Å². The zero-order valence-corrected chi connectivity index (χ0v) is 15.3. The predicted molar refractivity (Wildman–Crippen MR) is 95.7 cm³/mol. The minimum absolute atomic E-state index is 0.0477. The Morgan fingerprint density at radius 1 is 1.04 bits per heavy atom. The van der Waals surface area contributed by atoms with Crippen LogP contribution in [0.1, 0.15) is 50.4 Å². The molecule has 0 aromatic heterocycles. The van der Waals surface area contributed by atoms with E-state index >= 15 is 0 Å². The molecule has 2 aromatic carbocycles. The molecule has 24 heavy (non-hydrogen) atoms. The summed E-state index contributed by atoms with van der Waals surface area (Å²) in [6.07, 6.45) is 0. The lowest BCUT2D eigenvalue weighted by Gasteiger charge is -2.20. The second-order valence-corrected chi connectivity index (χ2v) is 8.82. The van der Waals surface area contributed by atoms with Gasteiger partial charge in [-0.25, -0.2) is 17.5 Å². The van der Waals surface area contributed by atoms with Crippen molar-refractivity contribution in [3.05, 3.63) is 71.0 Å². The number of hydrogen-bond acceptors (Lipinski definition) is 2. The maximum absolute atomic E-state index is 13.6. The first-order valence-electron chi connectivity index (χ1n) is 7.92. The van der Waals surface area contributed by atoms with Crippen molar-refractivity contribution < 1.29 is 12.8 Å².